The number of rotatable bonds is 5. The van der Waals surface area contributed by atoms with Gasteiger partial charge in [0.25, 0.3) is 0 Å². The first-order valence-electron chi connectivity index (χ1n) is 9.04. The van der Waals surface area contributed by atoms with Gasteiger partial charge in [-0.15, -0.1) is 10.2 Å². The summed E-state index contributed by atoms with van der Waals surface area (Å²) in [6.07, 6.45) is 6.79. The molecule has 26 heavy (non-hydrogen) atoms. The predicted molar refractivity (Wildman–Crippen MR) is 103 cm³/mol. The molecule has 6 heteroatoms. The number of amides is 1. The van der Waals surface area contributed by atoms with Crippen molar-refractivity contribution in [1.82, 2.24) is 19.9 Å². The molecule has 0 aliphatic heterocycles. The molecule has 2 heterocycles. The molecule has 0 radical (unpaired) electrons. The number of aryl methyl sites for hydroxylation is 2. The number of hydrogen-bond acceptors (Lipinski definition) is 4. The fourth-order valence-electron chi connectivity index (χ4n) is 3.44. The Balaban J connectivity index is 1.37. The number of nitrogens with one attached hydrogen (secondary N) is 1. The monoisotopic (exact) mass is 366 g/mol. The Morgan fingerprint density at radius 3 is 2.92 bits per heavy atom. The fraction of sp³-hybridized carbons (Fsp3) is 0.350. The molecular weight excluding hydrogens is 344 g/mol. The van der Waals surface area contributed by atoms with E-state index >= 15 is 0 Å². The predicted octanol–water partition coefficient (Wildman–Crippen LogP) is 3.58. The van der Waals surface area contributed by atoms with Crippen LogP contribution in [0.3, 0.4) is 0 Å². The molecule has 0 spiro atoms. The maximum Gasteiger partial charge on any atom is 0.230 e. The number of benzene rings is 1. The second-order valence-electron chi connectivity index (χ2n) is 6.72. The Labute approximate surface area is 157 Å². The highest BCUT2D eigenvalue weighted by Crippen LogP contribution is 2.25. The first-order valence-corrected chi connectivity index (χ1v) is 10.0. The summed E-state index contributed by atoms with van der Waals surface area (Å²) in [7, 11) is 0. The van der Waals surface area contributed by atoms with Gasteiger partial charge < -0.3 is 5.32 Å². The van der Waals surface area contributed by atoms with Crippen LogP contribution in [-0.4, -0.2) is 26.3 Å². The molecule has 1 amide bonds. The van der Waals surface area contributed by atoms with Crippen molar-refractivity contribution in [3.05, 3.63) is 59.3 Å². The molecular formula is C20H22N4OS. The zero-order valence-electron chi connectivity index (χ0n) is 14.8. The van der Waals surface area contributed by atoms with E-state index in [1.807, 2.05) is 35.7 Å². The van der Waals surface area contributed by atoms with Gasteiger partial charge in [0, 0.05) is 6.20 Å². The van der Waals surface area contributed by atoms with Crippen LogP contribution in [0.25, 0.3) is 5.65 Å². The molecule has 1 aliphatic rings. The highest BCUT2D eigenvalue weighted by Gasteiger charge is 2.15. The van der Waals surface area contributed by atoms with Crippen molar-refractivity contribution in [3.63, 3.8) is 0 Å². The first kappa shape index (κ1) is 17.1. The van der Waals surface area contributed by atoms with Crippen LogP contribution >= 0.6 is 11.8 Å². The lowest BCUT2D eigenvalue weighted by Gasteiger charge is -2.20. The van der Waals surface area contributed by atoms with Crippen LogP contribution in [0.1, 0.15) is 42.5 Å². The van der Waals surface area contributed by atoms with Crippen molar-refractivity contribution >= 4 is 23.3 Å². The summed E-state index contributed by atoms with van der Waals surface area (Å²) >= 11 is 1.40. The van der Waals surface area contributed by atoms with Gasteiger partial charge in [0.15, 0.2) is 10.8 Å². The van der Waals surface area contributed by atoms with E-state index in [0.29, 0.717) is 5.75 Å². The SMILES string of the molecule is C[C@@H](NC(=O)CSc1nnc2ccccn12)c1ccc2c(c1)CCCC2. The molecule has 1 N–H and O–H groups in total. The van der Waals surface area contributed by atoms with Gasteiger partial charge in [0.1, 0.15) is 0 Å². The van der Waals surface area contributed by atoms with E-state index in [9.17, 15) is 4.79 Å². The van der Waals surface area contributed by atoms with Crippen LogP contribution in [0.5, 0.6) is 0 Å². The molecule has 0 unspecified atom stereocenters. The lowest BCUT2D eigenvalue weighted by molar-refractivity contribution is -0.119. The highest BCUT2D eigenvalue weighted by molar-refractivity contribution is 7.99. The zero-order valence-corrected chi connectivity index (χ0v) is 15.6. The number of carbonyl (C=O) groups excluding carboxylic acids is 1. The molecule has 3 aromatic rings. The summed E-state index contributed by atoms with van der Waals surface area (Å²) in [6, 6.07) is 12.4. The topological polar surface area (TPSA) is 59.3 Å². The third-order valence-electron chi connectivity index (χ3n) is 4.86. The van der Waals surface area contributed by atoms with E-state index < -0.39 is 0 Å². The quantitative estimate of drug-likeness (QED) is 0.701. The first-order chi connectivity index (χ1) is 12.7. The van der Waals surface area contributed by atoms with Crippen LogP contribution in [0, 0.1) is 0 Å². The maximum absolute atomic E-state index is 12.4. The number of carbonyl (C=O) groups is 1. The summed E-state index contributed by atoms with van der Waals surface area (Å²) < 4.78 is 1.89. The smallest absolute Gasteiger partial charge is 0.230 e. The normalized spacial score (nSPS) is 14.8. The number of aromatic nitrogens is 3. The van der Waals surface area contributed by atoms with E-state index in [1.165, 1.54) is 47.7 Å². The van der Waals surface area contributed by atoms with Crippen LogP contribution < -0.4 is 5.32 Å². The molecule has 0 bridgehead atoms. The van der Waals surface area contributed by atoms with Crippen LogP contribution in [0.2, 0.25) is 0 Å². The van der Waals surface area contributed by atoms with Crippen molar-refractivity contribution in [2.75, 3.05) is 5.75 Å². The molecule has 134 valence electrons. The van der Waals surface area contributed by atoms with Crippen molar-refractivity contribution in [2.24, 2.45) is 0 Å². The Morgan fingerprint density at radius 2 is 2.04 bits per heavy atom. The van der Waals surface area contributed by atoms with Gasteiger partial charge in [-0.2, -0.15) is 0 Å². The Kier molecular flexibility index (Phi) is 4.93. The molecule has 0 saturated heterocycles. The van der Waals surface area contributed by atoms with Gasteiger partial charge in [-0.3, -0.25) is 9.20 Å². The van der Waals surface area contributed by atoms with E-state index in [-0.39, 0.29) is 11.9 Å². The van der Waals surface area contributed by atoms with Crippen LogP contribution in [-0.2, 0) is 17.6 Å². The number of hydrogen-bond donors (Lipinski definition) is 1. The summed E-state index contributed by atoms with van der Waals surface area (Å²) in [5.41, 5.74) is 4.88. The van der Waals surface area contributed by atoms with Gasteiger partial charge in [0.05, 0.1) is 11.8 Å². The standard InChI is InChI=1S/C20H22N4OS/c1-14(16-10-9-15-6-2-3-7-17(15)12-16)21-19(25)13-26-20-23-22-18-8-4-5-11-24(18)20/h4-5,8-12,14H,2-3,6-7,13H2,1H3,(H,21,25)/t14-/m1/s1. The minimum Gasteiger partial charge on any atom is -0.349 e. The second-order valence-corrected chi connectivity index (χ2v) is 7.67. The fourth-order valence-corrected chi connectivity index (χ4v) is 4.17. The molecule has 2 aromatic heterocycles. The molecule has 5 nitrogen and oxygen atoms in total. The molecule has 0 saturated carbocycles. The van der Waals surface area contributed by atoms with Gasteiger partial charge >= 0.3 is 0 Å². The van der Waals surface area contributed by atoms with Crippen molar-refractivity contribution in [1.29, 1.82) is 0 Å². The van der Waals surface area contributed by atoms with E-state index in [1.54, 1.807) is 0 Å². The highest BCUT2D eigenvalue weighted by atomic mass is 32.2. The Bertz CT molecular complexity index is 936. The Morgan fingerprint density at radius 1 is 1.19 bits per heavy atom. The number of thioether (sulfide) groups is 1. The van der Waals surface area contributed by atoms with E-state index in [0.717, 1.165) is 17.2 Å². The number of fused-ring (bicyclic) bond motifs is 2. The molecule has 1 aromatic carbocycles. The second kappa shape index (κ2) is 7.50. The van der Waals surface area contributed by atoms with Crippen LogP contribution in [0.4, 0.5) is 0 Å². The molecule has 1 atom stereocenters. The average Bonchev–Trinajstić information content (AvgIpc) is 3.09. The minimum atomic E-state index is 0.00506. The van der Waals surface area contributed by atoms with Gasteiger partial charge in [0.2, 0.25) is 5.91 Å². The van der Waals surface area contributed by atoms with E-state index in [4.69, 9.17) is 0 Å². The number of pyridine rings is 1. The Hall–Kier alpha value is -2.34. The minimum absolute atomic E-state index is 0.00506. The molecule has 4 rings (SSSR count). The maximum atomic E-state index is 12.4. The van der Waals surface area contributed by atoms with Crippen molar-refractivity contribution in [2.45, 2.75) is 43.8 Å². The van der Waals surface area contributed by atoms with Gasteiger partial charge in [-0.1, -0.05) is 36.0 Å². The van der Waals surface area contributed by atoms with Gasteiger partial charge in [-0.25, -0.2) is 0 Å². The number of nitrogens with zero attached hydrogens (tertiary/aromatic N) is 3. The summed E-state index contributed by atoms with van der Waals surface area (Å²) in [4.78, 5) is 12.4. The van der Waals surface area contributed by atoms with E-state index in [2.05, 4.69) is 33.7 Å². The third-order valence-corrected chi connectivity index (χ3v) is 5.81. The lowest BCUT2D eigenvalue weighted by atomic mass is 9.89. The largest absolute Gasteiger partial charge is 0.349 e. The molecule has 0 fully saturated rings. The summed E-state index contributed by atoms with van der Waals surface area (Å²) in [6.45, 7) is 2.04. The average molecular weight is 366 g/mol. The van der Waals surface area contributed by atoms with Crippen LogP contribution in [0.15, 0.2) is 47.8 Å². The lowest BCUT2D eigenvalue weighted by Crippen LogP contribution is -2.28. The zero-order chi connectivity index (χ0) is 17.9. The van der Waals surface area contributed by atoms with Crippen molar-refractivity contribution < 1.29 is 4.79 Å². The summed E-state index contributed by atoms with van der Waals surface area (Å²) in [5, 5.41) is 12.1. The van der Waals surface area contributed by atoms with Crippen molar-refractivity contribution in [3.8, 4) is 0 Å². The third kappa shape index (κ3) is 3.60. The summed E-state index contributed by atoms with van der Waals surface area (Å²) in [5.74, 6) is 0.332. The van der Waals surface area contributed by atoms with Gasteiger partial charge in [-0.05, 0) is 61.4 Å². The molecule has 1 aliphatic carbocycles.